The number of alkyl halides is 1. The molecular formula is C11H23BrN2O2S. The Morgan fingerprint density at radius 1 is 1.12 bits per heavy atom. The molecule has 0 aromatic carbocycles. The van der Waals surface area contributed by atoms with Gasteiger partial charge in [0.05, 0.1) is 0 Å². The van der Waals surface area contributed by atoms with Crippen molar-refractivity contribution in [2.24, 2.45) is 0 Å². The maximum absolute atomic E-state index is 12.2. The Morgan fingerprint density at radius 2 is 1.76 bits per heavy atom. The highest BCUT2D eigenvalue weighted by Crippen LogP contribution is 2.15. The Kier molecular flexibility index (Phi) is 6.99. The zero-order chi connectivity index (χ0) is 12.7. The summed E-state index contributed by atoms with van der Waals surface area (Å²) in [5.74, 6) is 0. The minimum atomic E-state index is -3.19. The van der Waals surface area contributed by atoms with Crippen LogP contribution in [0.5, 0.6) is 0 Å². The second-order valence-corrected chi connectivity index (χ2v) is 7.37. The van der Waals surface area contributed by atoms with Gasteiger partial charge in [0.1, 0.15) is 0 Å². The predicted molar refractivity (Wildman–Crippen MR) is 74.6 cm³/mol. The van der Waals surface area contributed by atoms with Crippen molar-refractivity contribution in [3.63, 3.8) is 0 Å². The van der Waals surface area contributed by atoms with Crippen LogP contribution in [0.15, 0.2) is 0 Å². The highest BCUT2D eigenvalue weighted by Gasteiger charge is 2.27. The number of nitrogens with zero attached hydrogens (tertiary/aromatic N) is 2. The molecule has 0 atom stereocenters. The number of hydrogen-bond acceptors (Lipinski definition) is 2. The van der Waals surface area contributed by atoms with Gasteiger partial charge in [-0.05, 0) is 25.7 Å². The number of rotatable bonds is 7. The fraction of sp³-hybridized carbons (Fsp3) is 1.00. The van der Waals surface area contributed by atoms with E-state index in [1.54, 1.807) is 11.4 Å². The summed E-state index contributed by atoms with van der Waals surface area (Å²) in [6.07, 6.45) is 6.27. The topological polar surface area (TPSA) is 40.6 Å². The summed E-state index contributed by atoms with van der Waals surface area (Å²) in [5.41, 5.74) is 0. The molecule has 1 aliphatic rings. The normalized spacial score (nSPS) is 18.8. The zero-order valence-corrected chi connectivity index (χ0v) is 13.0. The van der Waals surface area contributed by atoms with Crippen LogP contribution in [0.4, 0.5) is 0 Å². The Balaban J connectivity index is 2.39. The summed E-state index contributed by atoms with van der Waals surface area (Å²) in [4.78, 5) is 0. The van der Waals surface area contributed by atoms with Crippen LogP contribution < -0.4 is 0 Å². The molecule has 0 N–H and O–H groups in total. The minimum Gasteiger partial charge on any atom is -0.195 e. The van der Waals surface area contributed by atoms with E-state index in [-0.39, 0.29) is 0 Å². The molecule has 17 heavy (non-hydrogen) atoms. The van der Waals surface area contributed by atoms with Crippen molar-refractivity contribution in [2.75, 3.05) is 32.0 Å². The Hall–Kier alpha value is 0.350. The Morgan fingerprint density at radius 3 is 2.35 bits per heavy atom. The van der Waals surface area contributed by atoms with E-state index in [9.17, 15) is 8.42 Å². The van der Waals surface area contributed by atoms with E-state index in [2.05, 4.69) is 15.9 Å². The lowest BCUT2D eigenvalue weighted by Gasteiger charge is -2.30. The van der Waals surface area contributed by atoms with Crippen LogP contribution in [0, 0.1) is 0 Å². The third-order valence-electron chi connectivity index (χ3n) is 3.14. The van der Waals surface area contributed by atoms with Crippen LogP contribution in [0.2, 0.25) is 0 Å². The van der Waals surface area contributed by atoms with E-state index in [1.807, 2.05) is 0 Å². The van der Waals surface area contributed by atoms with Crippen molar-refractivity contribution in [1.29, 1.82) is 0 Å². The van der Waals surface area contributed by atoms with Crippen LogP contribution in [0.25, 0.3) is 0 Å². The van der Waals surface area contributed by atoms with Gasteiger partial charge in [-0.2, -0.15) is 17.0 Å². The summed E-state index contributed by atoms with van der Waals surface area (Å²) in [7, 11) is -1.50. The molecule has 6 heteroatoms. The number of piperidine rings is 1. The number of hydrogen-bond donors (Lipinski definition) is 0. The maximum atomic E-state index is 12.2. The smallest absolute Gasteiger partial charge is 0.195 e. The summed E-state index contributed by atoms with van der Waals surface area (Å²) < 4.78 is 27.5. The van der Waals surface area contributed by atoms with Crippen LogP contribution in [0.1, 0.15) is 38.5 Å². The third-order valence-corrected chi connectivity index (χ3v) is 5.69. The molecule has 0 unspecified atom stereocenters. The second kappa shape index (κ2) is 7.71. The molecule has 1 fully saturated rings. The van der Waals surface area contributed by atoms with E-state index in [0.717, 1.165) is 43.9 Å². The molecule has 0 saturated carbocycles. The molecular weight excluding hydrogens is 304 g/mol. The molecule has 1 saturated heterocycles. The molecule has 0 spiro atoms. The third kappa shape index (κ3) is 4.85. The molecule has 0 aliphatic carbocycles. The summed E-state index contributed by atoms with van der Waals surface area (Å²) in [6.45, 7) is 2.01. The van der Waals surface area contributed by atoms with E-state index in [1.165, 1.54) is 4.31 Å². The lowest BCUT2D eigenvalue weighted by atomic mass is 10.2. The Labute approximate surface area is 114 Å². The highest BCUT2D eigenvalue weighted by atomic mass is 79.9. The molecule has 1 heterocycles. The molecule has 1 aliphatic heterocycles. The van der Waals surface area contributed by atoms with Crippen molar-refractivity contribution in [3.05, 3.63) is 0 Å². The monoisotopic (exact) mass is 326 g/mol. The molecule has 4 nitrogen and oxygen atoms in total. The van der Waals surface area contributed by atoms with Crippen molar-refractivity contribution >= 4 is 26.1 Å². The first-order valence-corrected chi connectivity index (χ1v) is 8.88. The summed E-state index contributed by atoms with van der Waals surface area (Å²) in [6, 6.07) is 0. The molecule has 0 aromatic heterocycles. The maximum Gasteiger partial charge on any atom is 0.281 e. The lowest BCUT2D eigenvalue weighted by Crippen LogP contribution is -2.44. The van der Waals surface area contributed by atoms with Gasteiger partial charge in [0.25, 0.3) is 10.2 Å². The fourth-order valence-electron chi connectivity index (χ4n) is 2.01. The van der Waals surface area contributed by atoms with E-state index in [4.69, 9.17) is 0 Å². The number of halogens is 1. The zero-order valence-electron chi connectivity index (χ0n) is 10.6. The van der Waals surface area contributed by atoms with Gasteiger partial charge in [-0.3, -0.25) is 0 Å². The first-order valence-electron chi connectivity index (χ1n) is 6.36. The summed E-state index contributed by atoms with van der Waals surface area (Å²) in [5, 5.41) is 0.996. The van der Waals surface area contributed by atoms with Crippen molar-refractivity contribution in [3.8, 4) is 0 Å². The minimum absolute atomic E-state index is 0.631. The fourth-order valence-corrected chi connectivity index (χ4v) is 3.88. The highest BCUT2D eigenvalue weighted by molar-refractivity contribution is 9.09. The van der Waals surface area contributed by atoms with E-state index in [0.29, 0.717) is 19.6 Å². The second-order valence-electron chi connectivity index (χ2n) is 4.54. The van der Waals surface area contributed by atoms with Crippen molar-refractivity contribution in [1.82, 2.24) is 8.61 Å². The first kappa shape index (κ1) is 15.4. The molecule has 102 valence electrons. The quantitative estimate of drug-likeness (QED) is 0.531. The van der Waals surface area contributed by atoms with Crippen LogP contribution in [-0.2, 0) is 10.2 Å². The average molecular weight is 327 g/mol. The molecule has 0 radical (unpaired) electrons. The molecule has 0 amide bonds. The van der Waals surface area contributed by atoms with Gasteiger partial charge < -0.3 is 0 Å². The predicted octanol–water partition coefficient (Wildman–Crippen LogP) is 2.21. The average Bonchev–Trinajstić information content (AvgIpc) is 2.35. The van der Waals surface area contributed by atoms with E-state index >= 15 is 0 Å². The van der Waals surface area contributed by atoms with Gasteiger partial charge in [0.15, 0.2) is 0 Å². The van der Waals surface area contributed by atoms with Crippen LogP contribution >= 0.6 is 15.9 Å². The van der Waals surface area contributed by atoms with Gasteiger partial charge in [0.2, 0.25) is 0 Å². The molecule has 0 aromatic rings. The largest absolute Gasteiger partial charge is 0.281 e. The molecule has 1 rings (SSSR count). The van der Waals surface area contributed by atoms with Gasteiger partial charge in [0, 0.05) is 32.0 Å². The lowest BCUT2D eigenvalue weighted by molar-refractivity contribution is 0.314. The molecule has 0 bridgehead atoms. The number of unbranched alkanes of at least 4 members (excludes halogenated alkanes) is 2. The van der Waals surface area contributed by atoms with Gasteiger partial charge in [-0.25, -0.2) is 0 Å². The van der Waals surface area contributed by atoms with Gasteiger partial charge in [-0.15, -0.1) is 0 Å². The van der Waals surface area contributed by atoms with Crippen LogP contribution in [0.3, 0.4) is 0 Å². The van der Waals surface area contributed by atoms with E-state index < -0.39 is 10.2 Å². The van der Waals surface area contributed by atoms with Crippen LogP contribution in [-0.4, -0.2) is 49.0 Å². The SMILES string of the molecule is CN(CCCCCBr)S(=O)(=O)N1CCCCC1. The van der Waals surface area contributed by atoms with Gasteiger partial charge >= 0.3 is 0 Å². The summed E-state index contributed by atoms with van der Waals surface area (Å²) >= 11 is 3.38. The van der Waals surface area contributed by atoms with Crippen molar-refractivity contribution in [2.45, 2.75) is 38.5 Å². The standard InChI is InChI=1S/C11H23BrN2O2S/c1-13(9-5-2-4-8-12)17(15,16)14-10-6-3-7-11-14/h2-11H2,1H3. The van der Waals surface area contributed by atoms with Crippen molar-refractivity contribution < 1.29 is 8.42 Å². The first-order chi connectivity index (χ1) is 8.09. The van der Waals surface area contributed by atoms with Gasteiger partial charge in [-0.1, -0.05) is 28.8 Å². The Bertz CT molecular complexity index is 303.